The zero-order chi connectivity index (χ0) is 17.9. The van der Waals surface area contributed by atoms with Gasteiger partial charge in [0.05, 0.1) is 6.17 Å². The Morgan fingerprint density at radius 2 is 2.09 bits per heavy atom. The first kappa shape index (κ1) is 10.4. The summed E-state index contributed by atoms with van der Waals surface area (Å²) in [4.78, 5) is 5.53. The number of rotatable bonds is 1. The maximum absolute atomic E-state index is 7.69. The lowest BCUT2D eigenvalue weighted by molar-refractivity contribution is 0.272. The molecular formula is C17H20BN3O. The monoisotopic (exact) mass is 296 g/mol. The fraction of sp³-hybridized carbons (Fsp3) is 0.294. The van der Waals surface area contributed by atoms with E-state index in [4.69, 9.17) is 8.53 Å². The molecule has 0 spiro atoms. The molecule has 2 aromatic rings. The molecule has 0 saturated heterocycles. The molecule has 0 saturated carbocycles. The van der Waals surface area contributed by atoms with E-state index in [1.807, 2.05) is 43.2 Å². The third-order valence-corrected chi connectivity index (χ3v) is 4.60. The molecule has 2 aliphatic rings. The van der Waals surface area contributed by atoms with Gasteiger partial charge < -0.3 is 18.9 Å². The summed E-state index contributed by atoms with van der Waals surface area (Å²) in [6.07, 6.45) is 5.37. The van der Waals surface area contributed by atoms with E-state index in [1.165, 1.54) is 4.90 Å². The van der Waals surface area contributed by atoms with E-state index in [1.54, 1.807) is 6.20 Å². The number of hydrogen-bond donors (Lipinski definition) is 0. The maximum Gasteiger partial charge on any atom is 0.410 e. The molecule has 3 heterocycles. The highest BCUT2D eigenvalue weighted by molar-refractivity contribution is 6.69. The van der Waals surface area contributed by atoms with Crippen LogP contribution in [0.3, 0.4) is 0 Å². The van der Waals surface area contributed by atoms with E-state index in [-0.39, 0.29) is 13.1 Å². The maximum atomic E-state index is 7.69. The molecule has 2 aliphatic heterocycles. The number of hydrogen-bond acceptors (Lipinski definition) is 4. The summed E-state index contributed by atoms with van der Waals surface area (Å²) in [5.41, 5.74) is 3.08. The Morgan fingerprint density at radius 3 is 2.86 bits per heavy atom. The Bertz CT molecular complexity index is 889. The van der Waals surface area contributed by atoms with Crippen LogP contribution in [0.5, 0.6) is 0 Å². The van der Waals surface area contributed by atoms with Crippen molar-refractivity contribution in [2.24, 2.45) is 0 Å². The number of furan rings is 1. The first-order chi connectivity index (χ1) is 11.8. The van der Waals surface area contributed by atoms with Gasteiger partial charge in [-0.3, -0.25) is 0 Å². The van der Waals surface area contributed by atoms with Crippen LogP contribution in [0.4, 0.5) is 5.88 Å². The van der Waals surface area contributed by atoms with Crippen LogP contribution in [-0.4, -0.2) is 36.9 Å². The van der Waals surface area contributed by atoms with Crippen molar-refractivity contribution in [3.63, 3.8) is 0 Å². The van der Waals surface area contributed by atoms with E-state index >= 15 is 0 Å². The molecule has 0 aliphatic carbocycles. The predicted octanol–water partition coefficient (Wildman–Crippen LogP) is 3.38. The van der Waals surface area contributed by atoms with Crippen molar-refractivity contribution >= 4 is 29.9 Å². The van der Waals surface area contributed by atoms with Crippen molar-refractivity contribution in [3.8, 4) is 0 Å². The van der Waals surface area contributed by atoms with Gasteiger partial charge in [0.1, 0.15) is 5.58 Å². The van der Waals surface area contributed by atoms with Crippen LogP contribution in [0.15, 0.2) is 46.6 Å². The van der Waals surface area contributed by atoms with Gasteiger partial charge in [0.25, 0.3) is 0 Å². The molecule has 0 unspecified atom stereocenters. The molecule has 0 bridgehead atoms. The molecule has 4 rings (SSSR count). The Morgan fingerprint density at radius 1 is 1.27 bits per heavy atom. The molecule has 1 aromatic heterocycles. The van der Waals surface area contributed by atoms with Crippen LogP contribution in [0.1, 0.15) is 23.5 Å². The molecule has 1 aromatic carbocycles. The molecule has 4 nitrogen and oxygen atoms in total. The van der Waals surface area contributed by atoms with Crippen molar-refractivity contribution in [2.45, 2.75) is 20.0 Å². The SMILES string of the molecule is [2H]C([2H])([2H])N1C=CN(B2C(C)=Cc3c(oc4ccccc34)N2C)[C@H]1C. The van der Waals surface area contributed by atoms with Gasteiger partial charge in [0.2, 0.25) is 0 Å². The first-order valence-corrected chi connectivity index (χ1v) is 7.46. The standard InChI is InChI=1S/C17H20BN3O/c1-12-11-15-14-7-5-6-8-16(14)22-17(15)20(4)18(12)21-10-9-19(3)13(21)2/h5-11,13H,1-4H3/t13-/m0/s1/i3D3. The van der Waals surface area contributed by atoms with Crippen molar-refractivity contribution in [3.05, 3.63) is 47.7 Å². The second kappa shape index (κ2) is 4.60. The van der Waals surface area contributed by atoms with Crippen molar-refractivity contribution in [2.75, 3.05) is 18.8 Å². The van der Waals surface area contributed by atoms with E-state index in [2.05, 4.69) is 23.9 Å². The molecule has 0 fully saturated rings. The quantitative estimate of drug-likeness (QED) is 0.752. The summed E-state index contributed by atoms with van der Waals surface area (Å²) in [7, 11) is 1.99. The van der Waals surface area contributed by atoms with Gasteiger partial charge in [-0.2, -0.15) is 0 Å². The van der Waals surface area contributed by atoms with Crippen LogP contribution < -0.4 is 4.81 Å². The summed E-state index contributed by atoms with van der Waals surface area (Å²) in [6, 6.07) is 8.00. The van der Waals surface area contributed by atoms with Gasteiger partial charge >= 0.3 is 6.98 Å². The predicted molar refractivity (Wildman–Crippen MR) is 92.2 cm³/mol. The highest BCUT2D eigenvalue weighted by atomic mass is 16.4. The molecule has 112 valence electrons. The minimum absolute atomic E-state index is 0.0911. The van der Waals surface area contributed by atoms with Gasteiger partial charge in [-0.05, 0) is 27.0 Å². The van der Waals surface area contributed by atoms with Gasteiger partial charge in [-0.1, -0.05) is 29.7 Å². The van der Waals surface area contributed by atoms with E-state index in [9.17, 15) is 0 Å². The second-order valence-corrected chi connectivity index (χ2v) is 5.97. The van der Waals surface area contributed by atoms with Gasteiger partial charge in [-0.25, -0.2) is 0 Å². The molecule has 22 heavy (non-hydrogen) atoms. The van der Waals surface area contributed by atoms with E-state index < -0.39 is 6.98 Å². The number of benzene rings is 1. The van der Waals surface area contributed by atoms with Crippen LogP contribution >= 0.6 is 0 Å². The van der Waals surface area contributed by atoms with Gasteiger partial charge in [0.15, 0.2) is 5.88 Å². The van der Waals surface area contributed by atoms with Gasteiger partial charge in [0, 0.05) is 34.4 Å². The summed E-state index contributed by atoms with van der Waals surface area (Å²) < 4.78 is 29.1. The number of para-hydroxylation sites is 1. The summed E-state index contributed by atoms with van der Waals surface area (Å²) >= 11 is 0. The Balaban J connectivity index is 1.73. The summed E-state index contributed by atoms with van der Waals surface area (Å²) in [6.45, 7) is 1.73. The van der Waals surface area contributed by atoms with Gasteiger partial charge in [-0.15, -0.1) is 0 Å². The average molecular weight is 296 g/mol. The fourth-order valence-electron chi connectivity index (χ4n) is 3.44. The second-order valence-electron chi connectivity index (χ2n) is 5.97. The lowest BCUT2D eigenvalue weighted by Gasteiger charge is -2.39. The Hall–Kier alpha value is -2.30. The molecule has 0 N–H and O–H groups in total. The Labute approximate surface area is 135 Å². The zero-order valence-electron chi connectivity index (χ0n) is 15.9. The van der Waals surface area contributed by atoms with Crippen LogP contribution in [0, 0.1) is 0 Å². The van der Waals surface area contributed by atoms with Crippen molar-refractivity contribution in [1.82, 2.24) is 9.71 Å². The van der Waals surface area contributed by atoms with Crippen LogP contribution in [0.25, 0.3) is 17.0 Å². The molecule has 1 atom stereocenters. The summed E-state index contributed by atoms with van der Waals surface area (Å²) in [5.74, 6) is 0.810. The smallest absolute Gasteiger partial charge is 0.410 e. The lowest BCUT2D eigenvalue weighted by atomic mass is 9.61. The normalized spacial score (nSPS) is 23.5. The summed E-state index contributed by atoms with van der Waals surface area (Å²) in [5, 5.41) is 1.09. The lowest BCUT2D eigenvalue weighted by Crippen LogP contribution is -2.55. The Kier molecular flexibility index (Phi) is 2.18. The fourth-order valence-corrected chi connectivity index (χ4v) is 3.44. The van der Waals surface area contributed by atoms with Crippen LogP contribution in [-0.2, 0) is 0 Å². The minimum Gasteiger partial charge on any atom is -0.441 e. The number of anilines is 1. The van der Waals surface area contributed by atoms with Crippen molar-refractivity contribution in [1.29, 1.82) is 0 Å². The third-order valence-electron chi connectivity index (χ3n) is 4.60. The average Bonchev–Trinajstić information content (AvgIpc) is 3.09. The minimum atomic E-state index is -2.15. The largest absolute Gasteiger partial charge is 0.441 e. The van der Waals surface area contributed by atoms with Crippen LogP contribution in [0.2, 0.25) is 0 Å². The topological polar surface area (TPSA) is 22.9 Å². The molecule has 0 radical (unpaired) electrons. The molecule has 5 heteroatoms. The zero-order valence-corrected chi connectivity index (χ0v) is 12.9. The van der Waals surface area contributed by atoms with Crippen molar-refractivity contribution < 1.29 is 8.53 Å². The molecule has 0 amide bonds. The third kappa shape index (κ3) is 1.71. The highest BCUT2D eigenvalue weighted by Gasteiger charge is 2.40. The van der Waals surface area contributed by atoms with E-state index in [0.717, 1.165) is 27.9 Å². The number of nitrogens with zero attached hydrogens (tertiary/aromatic N) is 3. The molecular weight excluding hydrogens is 273 g/mol. The first-order valence-electron chi connectivity index (χ1n) is 8.96. The van der Waals surface area contributed by atoms with E-state index in [0.29, 0.717) is 0 Å². The highest BCUT2D eigenvalue weighted by Crippen LogP contribution is 2.39. The number of fused-ring (bicyclic) bond motifs is 3. The number of allylic oxidation sites excluding steroid dienone is 1.